The van der Waals surface area contributed by atoms with E-state index in [9.17, 15) is 0 Å². The van der Waals surface area contributed by atoms with Crippen molar-refractivity contribution in [2.75, 3.05) is 0 Å². The van der Waals surface area contributed by atoms with Crippen LogP contribution < -0.4 is 0 Å². The second-order valence-electron chi connectivity index (χ2n) is 4.57. The molecular formula is C16H10N2SSe. The van der Waals surface area contributed by atoms with E-state index in [4.69, 9.17) is 12.2 Å². The summed E-state index contributed by atoms with van der Waals surface area (Å²) in [6.07, 6.45) is 1.92. The summed E-state index contributed by atoms with van der Waals surface area (Å²) in [5.74, 6) is 0. The quantitative estimate of drug-likeness (QED) is 0.385. The van der Waals surface area contributed by atoms with Crippen LogP contribution in [0.2, 0.25) is 0 Å². The van der Waals surface area contributed by atoms with E-state index in [2.05, 4.69) is 38.9 Å². The van der Waals surface area contributed by atoms with Crippen molar-refractivity contribution >= 4 is 47.5 Å². The number of para-hydroxylation sites is 1. The Morgan fingerprint density at radius 2 is 1.80 bits per heavy atom. The van der Waals surface area contributed by atoms with Crippen LogP contribution in [0.5, 0.6) is 0 Å². The minimum absolute atomic E-state index is 0.206. The summed E-state index contributed by atoms with van der Waals surface area (Å²) in [6.45, 7) is 0. The number of hydrogen-bond acceptors (Lipinski definition) is 2. The average Bonchev–Trinajstić information content (AvgIpc) is 2.84. The standard InChI is InChI=1S/C16H10N2SSe/c19-16-13-6-2-4-8-15(13)20-18(16)12-9-11-5-1-3-7-14(11)17-10-12/h1-10H. The summed E-state index contributed by atoms with van der Waals surface area (Å²) in [5.41, 5.74) is 2.11. The van der Waals surface area contributed by atoms with Crippen LogP contribution in [-0.4, -0.2) is 23.3 Å². The average molecular weight is 341 g/mol. The van der Waals surface area contributed by atoms with Gasteiger partial charge in [0.05, 0.1) is 0 Å². The van der Waals surface area contributed by atoms with Crippen molar-refractivity contribution in [1.29, 1.82) is 0 Å². The van der Waals surface area contributed by atoms with Crippen molar-refractivity contribution in [3.05, 3.63) is 65.4 Å². The fourth-order valence-corrected chi connectivity index (χ4v) is 5.00. The molecule has 96 valence electrons. The van der Waals surface area contributed by atoms with E-state index < -0.39 is 0 Å². The van der Waals surface area contributed by atoms with Gasteiger partial charge >= 0.3 is 127 Å². The first kappa shape index (κ1) is 12.0. The predicted molar refractivity (Wildman–Crippen MR) is 86.4 cm³/mol. The van der Waals surface area contributed by atoms with Crippen molar-refractivity contribution in [3.8, 4) is 5.69 Å². The van der Waals surface area contributed by atoms with Gasteiger partial charge in [-0.15, -0.1) is 0 Å². The second kappa shape index (κ2) is 4.67. The number of benzene rings is 2. The third-order valence-corrected chi connectivity index (χ3v) is 6.33. The third-order valence-electron chi connectivity index (χ3n) is 3.30. The number of pyridine rings is 1. The first-order valence-corrected chi connectivity index (χ1v) is 8.32. The predicted octanol–water partition coefficient (Wildman–Crippen LogP) is 3.97. The van der Waals surface area contributed by atoms with Crippen molar-refractivity contribution in [2.24, 2.45) is 0 Å². The zero-order chi connectivity index (χ0) is 13.5. The van der Waals surface area contributed by atoms with Gasteiger partial charge in [-0.2, -0.15) is 0 Å². The van der Waals surface area contributed by atoms with Crippen LogP contribution >= 0.6 is 12.2 Å². The first-order chi connectivity index (χ1) is 9.83. The van der Waals surface area contributed by atoms with Crippen molar-refractivity contribution < 1.29 is 0 Å². The molecule has 0 radical (unpaired) electrons. The molecule has 2 heterocycles. The Morgan fingerprint density at radius 3 is 2.70 bits per heavy atom. The molecule has 0 N–H and O–H groups in total. The Hall–Kier alpha value is -1.74. The maximum atomic E-state index is 5.61. The Morgan fingerprint density at radius 1 is 1.00 bits per heavy atom. The molecule has 0 spiro atoms. The van der Waals surface area contributed by atoms with Gasteiger partial charge in [0.15, 0.2) is 0 Å². The van der Waals surface area contributed by atoms with Crippen LogP contribution in [0.1, 0.15) is 0 Å². The van der Waals surface area contributed by atoms with Gasteiger partial charge in [0.25, 0.3) is 0 Å². The van der Waals surface area contributed by atoms with Gasteiger partial charge in [0.2, 0.25) is 0 Å². The van der Waals surface area contributed by atoms with Gasteiger partial charge in [0, 0.05) is 0 Å². The zero-order valence-corrected chi connectivity index (χ0v) is 13.0. The second-order valence-corrected chi connectivity index (χ2v) is 7.03. The summed E-state index contributed by atoms with van der Waals surface area (Å²) in [7, 11) is 0. The molecule has 20 heavy (non-hydrogen) atoms. The van der Waals surface area contributed by atoms with Crippen molar-refractivity contribution in [3.63, 3.8) is 0 Å². The van der Waals surface area contributed by atoms with Crippen molar-refractivity contribution in [2.45, 2.75) is 0 Å². The number of nitrogens with zero attached hydrogens (tertiary/aromatic N) is 2. The molecule has 0 aliphatic carbocycles. The van der Waals surface area contributed by atoms with Gasteiger partial charge in [-0.05, 0) is 0 Å². The van der Waals surface area contributed by atoms with Crippen LogP contribution in [0.4, 0.5) is 0 Å². The molecule has 4 aromatic rings. The van der Waals surface area contributed by atoms with Crippen LogP contribution in [0.15, 0.2) is 60.8 Å². The molecule has 2 aromatic carbocycles. The van der Waals surface area contributed by atoms with Gasteiger partial charge in [0.1, 0.15) is 0 Å². The topological polar surface area (TPSA) is 17.8 Å². The summed E-state index contributed by atoms with van der Waals surface area (Å²) in [6, 6.07) is 18.7. The summed E-state index contributed by atoms with van der Waals surface area (Å²) >= 11 is 5.82. The molecule has 0 fully saturated rings. The fourth-order valence-electron chi connectivity index (χ4n) is 2.31. The summed E-state index contributed by atoms with van der Waals surface area (Å²) < 4.78 is 4.47. The van der Waals surface area contributed by atoms with Gasteiger partial charge in [-0.1, -0.05) is 0 Å². The van der Waals surface area contributed by atoms with E-state index in [0.717, 1.165) is 21.2 Å². The molecule has 0 bridgehead atoms. The van der Waals surface area contributed by atoms with E-state index in [1.165, 1.54) is 9.65 Å². The zero-order valence-electron chi connectivity index (χ0n) is 10.5. The van der Waals surface area contributed by atoms with Crippen LogP contribution in [0.3, 0.4) is 0 Å². The molecule has 0 saturated heterocycles. The Bertz CT molecular complexity index is 984. The number of hydrogen-bond donors (Lipinski definition) is 0. The molecule has 2 aromatic heterocycles. The summed E-state index contributed by atoms with van der Waals surface area (Å²) in [4.78, 5) is 4.53. The Balaban J connectivity index is 2.01. The minimum atomic E-state index is 0.206. The SMILES string of the molecule is S=c1c2ccccc2[se]n1-c1cnc2ccccc2c1. The molecular weight excluding hydrogens is 331 g/mol. The molecule has 4 rings (SSSR count). The van der Waals surface area contributed by atoms with Crippen LogP contribution in [0.25, 0.3) is 26.2 Å². The first-order valence-electron chi connectivity index (χ1n) is 6.29. The van der Waals surface area contributed by atoms with Gasteiger partial charge in [-0.3, -0.25) is 0 Å². The normalized spacial score (nSPS) is 11.2. The van der Waals surface area contributed by atoms with Gasteiger partial charge < -0.3 is 0 Å². The maximum absolute atomic E-state index is 5.61. The number of fused-ring (bicyclic) bond motifs is 2. The van der Waals surface area contributed by atoms with E-state index in [0.29, 0.717) is 0 Å². The van der Waals surface area contributed by atoms with E-state index in [1.807, 2.05) is 30.5 Å². The number of rotatable bonds is 1. The van der Waals surface area contributed by atoms with Gasteiger partial charge in [-0.25, -0.2) is 0 Å². The van der Waals surface area contributed by atoms with E-state index >= 15 is 0 Å². The Labute approximate surface area is 127 Å². The molecule has 0 aliphatic heterocycles. The summed E-state index contributed by atoms with van der Waals surface area (Å²) in [5, 5.41) is 2.34. The number of aromatic nitrogens is 2. The molecule has 0 aliphatic rings. The molecule has 0 saturated carbocycles. The van der Waals surface area contributed by atoms with Crippen LogP contribution in [0, 0.1) is 4.64 Å². The Kier molecular flexibility index (Phi) is 2.81. The third kappa shape index (κ3) is 1.85. The molecule has 0 atom stereocenters. The fraction of sp³-hybridized carbons (Fsp3) is 0. The molecule has 0 amide bonds. The monoisotopic (exact) mass is 342 g/mol. The van der Waals surface area contributed by atoms with Crippen LogP contribution in [-0.2, 0) is 0 Å². The molecule has 4 heteroatoms. The molecule has 2 nitrogen and oxygen atoms in total. The molecule has 0 unspecified atom stereocenters. The van der Waals surface area contributed by atoms with E-state index in [-0.39, 0.29) is 14.7 Å². The van der Waals surface area contributed by atoms with Crippen molar-refractivity contribution in [1.82, 2.24) is 8.55 Å². The van der Waals surface area contributed by atoms with E-state index in [1.54, 1.807) is 0 Å².